The fraction of sp³-hybridized carbons (Fsp3) is 0.438. The zero-order chi connectivity index (χ0) is 16.2. The summed E-state index contributed by atoms with van der Waals surface area (Å²) in [4.78, 5) is 16.1. The minimum Gasteiger partial charge on any atom is -0.359 e. The zero-order valence-corrected chi connectivity index (χ0v) is 12.9. The van der Waals surface area contributed by atoms with Gasteiger partial charge in [-0.25, -0.2) is 4.39 Å². The van der Waals surface area contributed by atoms with Gasteiger partial charge in [0, 0.05) is 13.1 Å². The van der Waals surface area contributed by atoms with E-state index in [0.717, 1.165) is 24.8 Å². The Morgan fingerprint density at radius 2 is 2.13 bits per heavy atom. The molecule has 1 aliphatic rings. The van der Waals surface area contributed by atoms with Crippen molar-refractivity contribution in [2.75, 3.05) is 12.4 Å². The topological polar surface area (TPSA) is 80.0 Å². The highest BCUT2D eigenvalue weighted by atomic mass is 19.1. The van der Waals surface area contributed by atoms with Crippen molar-refractivity contribution < 1.29 is 13.7 Å². The summed E-state index contributed by atoms with van der Waals surface area (Å²) in [7, 11) is 1.65. The maximum absolute atomic E-state index is 12.9. The molecule has 1 fully saturated rings. The fourth-order valence-electron chi connectivity index (χ4n) is 2.96. The van der Waals surface area contributed by atoms with Crippen molar-refractivity contribution in [3.8, 4) is 0 Å². The quantitative estimate of drug-likeness (QED) is 0.883. The minimum atomic E-state index is -0.275. The number of carbonyl (C=O) groups is 1. The molecule has 1 aromatic heterocycles. The lowest BCUT2D eigenvalue weighted by Gasteiger charge is -2.18. The van der Waals surface area contributed by atoms with Crippen molar-refractivity contribution in [3.05, 3.63) is 41.5 Å². The SMILES string of the molecule is CNC(=O)[C@@H]1CCC[C@H]1Nc1noc(Cc2ccc(F)cc2)n1. The van der Waals surface area contributed by atoms with Crippen LogP contribution in [0.4, 0.5) is 10.3 Å². The van der Waals surface area contributed by atoms with E-state index in [-0.39, 0.29) is 23.7 Å². The largest absolute Gasteiger partial charge is 0.359 e. The molecule has 2 N–H and O–H groups in total. The third-order valence-electron chi connectivity index (χ3n) is 4.15. The third kappa shape index (κ3) is 3.67. The van der Waals surface area contributed by atoms with Gasteiger partial charge in [0.05, 0.1) is 12.3 Å². The molecule has 1 aliphatic carbocycles. The number of anilines is 1. The van der Waals surface area contributed by atoms with E-state index in [9.17, 15) is 9.18 Å². The van der Waals surface area contributed by atoms with Crippen molar-refractivity contribution in [3.63, 3.8) is 0 Å². The molecule has 2 atom stereocenters. The average Bonchev–Trinajstić information content (AvgIpc) is 3.19. The summed E-state index contributed by atoms with van der Waals surface area (Å²) in [5.74, 6) is 0.536. The van der Waals surface area contributed by atoms with E-state index in [2.05, 4.69) is 20.8 Å². The number of hydrogen-bond donors (Lipinski definition) is 2. The van der Waals surface area contributed by atoms with Gasteiger partial charge in [0.25, 0.3) is 5.95 Å². The highest BCUT2D eigenvalue weighted by molar-refractivity contribution is 5.79. The smallest absolute Gasteiger partial charge is 0.263 e. The molecule has 1 amide bonds. The molecule has 23 heavy (non-hydrogen) atoms. The number of nitrogens with zero attached hydrogens (tertiary/aromatic N) is 2. The Morgan fingerprint density at radius 3 is 2.87 bits per heavy atom. The standard InChI is InChI=1S/C16H19FN4O2/c1-18-15(22)12-3-2-4-13(12)19-16-20-14(23-21-16)9-10-5-7-11(17)8-6-10/h5-8,12-13H,2-4,9H2,1H3,(H,18,22)(H,19,21)/t12-,13-/m1/s1. The molecule has 6 nitrogen and oxygen atoms in total. The van der Waals surface area contributed by atoms with E-state index in [1.807, 2.05) is 0 Å². The minimum absolute atomic E-state index is 0.0196. The number of carbonyl (C=O) groups excluding carboxylic acids is 1. The van der Waals surface area contributed by atoms with Gasteiger partial charge in [-0.3, -0.25) is 4.79 Å². The van der Waals surface area contributed by atoms with E-state index in [0.29, 0.717) is 18.3 Å². The summed E-state index contributed by atoms with van der Waals surface area (Å²) in [6, 6.07) is 6.19. The van der Waals surface area contributed by atoms with Gasteiger partial charge >= 0.3 is 0 Å². The fourth-order valence-corrected chi connectivity index (χ4v) is 2.96. The van der Waals surface area contributed by atoms with Crippen LogP contribution in [0.5, 0.6) is 0 Å². The van der Waals surface area contributed by atoms with Crippen molar-refractivity contribution in [1.82, 2.24) is 15.5 Å². The molecule has 0 unspecified atom stereocenters. The Balaban J connectivity index is 1.63. The lowest BCUT2D eigenvalue weighted by Crippen LogP contribution is -2.36. The molecule has 0 saturated heterocycles. The van der Waals surface area contributed by atoms with Crippen molar-refractivity contribution in [2.45, 2.75) is 31.7 Å². The van der Waals surface area contributed by atoms with Crippen LogP contribution in [-0.2, 0) is 11.2 Å². The summed E-state index contributed by atoms with van der Waals surface area (Å²) in [5.41, 5.74) is 0.894. The van der Waals surface area contributed by atoms with Gasteiger partial charge < -0.3 is 15.2 Å². The molecule has 2 aromatic rings. The Labute approximate surface area is 133 Å². The molecular formula is C16H19FN4O2. The molecule has 7 heteroatoms. The van der Waals surface area contributed by atoms with E-state index in [4.69, 9.17) is 4.52 Å². The van der Waals surface area contributed by atoms with Crippen molar-refractivity contribution >= 4 is 11.9 Å². The molecule has 122 valence electrons. The van der Waals surface area contributed by atoms with E-state index in [1.165, 1.54) is 12.1 Å². The van der Waals surface area contributed by atoms with Crippen LogP contribution in [0.15, 0.2) is 28.8 Å². The Hall–Kier alpha value is -2.44. The first kappa shape index (κ1) is 15.5. The lowest BCUT2D eigenvalue weighted by atomic mass is 10.0. The van der Waals surface area contributed by atoms with Crippen LogP contribution < -0.4 is 10.6 Å². The van der Waals surface area contributed by atoms with Gasteiger partial charge in [0.2, 0.25) is 11.8 Å². The van der Waals surface area contributed by atoms with Gasteiger partial charge in [-0.2, -0.15) is 4.98 Å². The molecule has 0 bridgehead atoms. The second-order valence-corrected chi connectivity index (χ2v) is 5.72. The molecule has 3 rings (SSSR count). The molecular weight excluding hydrogens is 299 g/mol. The number of benzene rings is 1. The number of amides is 1. The normalized spacial score (nSPS) is 20.4. The molecule has 1 saturated carbocycles. The second kappa shape index (κ2) is 6.76. The highest BCUT2D eigenvalue weighted by Gasteiger charge is 2.33. The Bertz CT molecular complexity index is 671. The number of nitrogens with one attached hydrogen (secondary N) is 2. The highest BCUT2D eigenvalue weighted by Crippen LogP contribution is 2.28. The summed E-state index contributed by atoms with van der Waals surface area (Å²) in [5, 5.41) is 9.79. The Morgan fingerprint density at radius 1 is 1.35 bits per heavy atom. The first-order valence-corrected chi connectivity index (χ1v) is 7.71. The summed E-state index contributed by atoms with van der Waals surface area (Å²) in [6.45, 7) is 0. The van der Waals surface area contributed by atoms with Crippen LogP contribution in [0.2, 0.25) is 0 Å². The number of hydrogen-bond acceptors (Lipinski definition) is 5. The van der Waals surface area contributed by atoms with Crippen LogP contribution in [0.1, 0.15) is 30.7 Å². The number of halogens is 1. The predicted molar refractivity (Wildman–Crippen MR) is 82.3 cm³/mol. The predicted octanol–water partition coefficient (Wildman–Crippen LogP) is 2.13. The molecule has 0 radical (unpaired) electrons. The van der Waals surface area contributed by atoms with E-state index < -0.39 is 0 Å². The maximum Gasteiger partial charge on any atom is 0.263 e. The van der Waals surface area contributed by atoms with Gasteiger partial charge in [-0.15, -0.1) is 0 Å². The van der Waals surface area contributed by atoms with Crippen LogP contribution >= 0.6 is 0 Å². The number of aromatic nitrogens is 2. The Kier molecular flexibility index (Phi) is 4.55. The van der Waals surface area contributed by atoms with Crippen molar-refractivity contribution in [1.29, 1.82) is 0 Å². The van der Waals surface area contributed by atoms with E-state index >= 15 is 0 Å². The van der Waals surface area contributed by atoms with Gasteiger partial charge in [-0.05, 0) is 35.7 Å². The molecule has 0 spiro atoms. The van der Waals surface area contributed by atoms with E-state index in [1.54, 1.807) is 19.2 Å². The maximum atomic E-state index is 12.9. The van der Waals surface area contributed by atoms with Crippen molar-refractivity contribution in [2.24, 2.45) is 5.92 Å². The third-order valence-corrected chi connectivity index (χ3v) is 4.15. The first-order valence-electron chi connectivity index (χ1n) is 7.71. The zero-order valence-electron chi connectivity index (χ0n) is 12.9. The molecule has 0 aliphatic heterocycles. The van der Waals surface area contributed by atoms with Gasteiger partial charge in [0.15, 0.2) is 0 Å². The van der Waals surface area contributed by atoms with Gasteiger partial charge in [-0.1, -0.05) is 18.6 Å². The van der Waals surface area contributed by atoms with Gasteiger partial charge in [0.1, 0.15) is 5.82 Å². The second-order valence-electron chi connectivity index (χ2n) is 5.72. The first-order chi connectivity index (χ1) is 11.2. The summed E-state index contributed by atoms with van der Waals surface area (Å²) >= 11 is 0. The summed E-state index contributed by atoms with van der Waals surface area (Å²) in [6.07, 6.45) is 3.20. The molecule has 1 aromatic carbocycles. The lowest BCUT2D eigenvalue weighted by molar-refractivity contribution is -0.124. The van der Waals surface area contributed by atoms with Crippen LogP contribution in [0.3, 0.4) is 0 Å². The van der Waals surface area contributed by atoms with Crippen LogP contribution in [0, 0.1) is 11.7 Å². The van der Waals surface area contributed by atoms with Crippen LogP contribution in [0.25, 0.3) is 0 Å². The average molecular weight is 318 g/mol. The van der Waals surface area contributed by atoms with Crippen LogP contribution in [-0.4, -0.2) is 29.1 Å². The summed E-state index contributed by atoms with van der Waals surface area (Å²) < 4.78 is 18.1. The molecule has 1 heterocycles. The monoisotopic (exact) mass is 318 g/mol. The number of rotatable bonds is 5.